The molecule has 0 bridgehead atoms. The number of fused-ring (bicyclic) bond motifs is 1. The highest BCUT2D eigenvalue weighted by Gasteiger charge is 2.11. The summed E-state index contributed by atoms with van der Waals surface area (Å²) < 4.78 is 16.8. The van der Waals surface area contributed by atoms with Gasteiger partial charge >= 0.3 is 0 Å². The number of nitrogens with one attached hydrogen (secondary N) is 1. The molecule has 1 amide bonds. The Morgan fingerprint density at radius 2 is 1.84 bits per heavy atom. The predicted octanol–water partition coefficient (Wildman–Crippen LogP) is 5.56. The van der Waals surface area contributed by atoms with E-state index in [2.05, 4.69) is 5.32 Å². The molecule has 0 radical (unpaired) electrons. The molecule has 3 aromatic carbocycles. The molecular weight excluding hydrogens is 418 g/mol. The normalized spacial score (nSPS) is 10.6. The summed E-state index contributed by atoms with van der Waals surface area (Å²) in [5.74, 6) is 0.715. The summed E-state index contributed by atoms with van der Waals surface area (Å²) in [5, 5.41) is 3.64. The molecule has 0 aliphatic heterocycles. The quantitative estimate of drug-likeness (QED) is 0.428. The van der Waals surface area contributed by atoms with Crippen LogP contribution in [-0.2, 0) is 4.79 Å². The van der Waals surface area contributed by atoms with Crippen molar-refractivity contribution >= 4 is 34.2 Å². The van der Waals surface area contributed by atoms with E-state index in [0.29, 0.717) is 33.2 Å². The van der Waals surface area contributed by atoms with Gasteiger partial charge < -0.3 is 19.2 Å². The smallest absolute Gasteiger partial charge is 0.262 e. The van der Waals surface area contributed by atoms with Gasteiger partial charge in [-0.05, 0) is 61.0 Å². The van der Waals surface area contributed by atoms with E-state index >= 15 is 0 Å². The molecule has 156 valence electrons. The summed E-state index contributed by atoms with van der Waals surface area (Å²) in [6, 6.07) is 18.9. The van der Waals surface area contributed by atoms with Crippen LogP contribution in [0.4, 0.5) is 5.69 Å². The van der Waals surface area contributed by atoms with Crippen LogP contribution >= 0.6 is 11.6 Å². The fourth-order valence-electron chi connectivity index (χ4n) is 2.94. The zero-order chi connectivity index (χ0) is 21.8. The van der Waals surface area contributed by atoms with Crippen LogP contribution in [0.5, 0.6) is 17.2 Å². The molecule has 0 unspecified atom stereocenters. The standard InChI is InChI=1S/C24H18ClNO5/c1-15-3-2-4-19(11-15)31-22-13-30-21-12-18(9-10-20(21)24(22)28)29-14-23(27)26-17-7-5-16(25)6-8-17/h2-13H,14H2,1H3,(H,26,27). The van der Waals surface area contributed by atoms with Crippen molar-refractivity contribution in [3.63, 3.8) is 0 Å². The van der Waals surface area contributed by atoms with Gasteiger partial charge in [0.05, 0.1) is 5.39 Å². The summed E-state index contributed by atoms with van der Waals surface area (Å²) in [5.41, 5.74) is 1.67. The van der Waals surface area contributed by atoms with Gasteiger partial charge in [0, 0.05) is 16.8 Å². The van der Waals surface area contributed by atoms with E-state index in [0.717, 1.165) is 5.56 Å². The second kappa shape index (κ2) is 8.93. The second-order valence-corrected chi connectivity index (χ2v) is 7.29. The lowest BCUT2D eigenvalue weighted by Gasteiger charge is -2.09. The van der Waals surface area contributed by atoms with Gasteiger partial charge in [-0.2, -0.15) is 0 Å². The predicted molar refractivity (Wildman–Crippen MR) is 119 cm³/mol. The minimum Gasteiger partial charge on any atom is -0.484 e. The van der Waals surface area contributed by atoms with E-state index < -0.39 is 0 Å². The Labute approximate surface area is 183 Å². The highest BCUT2D eigenvalue weighted by molar-refractivity contribution is 6.30. The first-order chi connectivity index (χ1) is 15.0. The molecular formula is C24H18ClNO5. The number of amides is 1. The highest BCUT2D eigenvalue weighted by Crippen LogP contribution is 2.24. The monoisotopic (exact) mass is 435 g/mol. The maximum Gasteiger partial charge on any atom is 0.262 e. The molecule has 0 saturated heterocycles. The van der Waals surface area contributed by atoms with Crippen LogP contribution in [0, 0.1) is 6.92 Å². The van der Waals surface area contributed by atoms with E-state index in [4.69, 9.17) is 25.5 Å². The molecule has 4 aromatic rings. The Morgan fingerprint density at radius 3 is 2.61 bits per heavy atom. The van der Waals surface area contributed by atoms with E-state index in [1.165, 1.54) is 6.26 Å². The number of benzene rings is 3. The minimum atomic E-state index is -0.328. The van der Waals surface area contributed by atoms with E-state index in [-0.39, 0.29) is 23.7 Å². The van der Waals surface area contributed by atoms with Crippen molar-refractivity contribution in [2.24, 2.45) is 0 Å². The number of rotatable bonds is 6. The largest absolute Gasteiger partial charge is 0.484 e. The van der Waals surface area contributed by atoms with Gasteiger partial charge in [0.15, 0.2) is 6.61 Å². The number of halogens is 1. The Hall–Kier alpha value is -3.77. The zero-order valence-electron chi connectivity index (χ0n) is 16.6. The Kier molecular flexibility index (Phi) is 5.91. The first-order valence-corrected chi connectivity index (χ1v) is 9.84. The average Bonchev–Trinajstić information content (AvgIpc) is 2.76. The Morgan fingerprint density at radius 1 is 1.03 bits per heavy atom. The van der Waals surface area contributed by atoms with Gasteiger partial charge in [-0.3, -0.25) is 9.59 Å². The maximum atomic E-state index is 12.7. The van der Waals surface area contributed by atoms with E-state index in [1.807, 2.05) is 25.1 Å². The van der Waals surface area contributed by atoms with Gasteiger partial charge in [-0.15, -0.1) is 0 Å². The molecule has 0 fully saturated rings. The fourth-order valence-corrected chi connectivity index (χ4v) is 3.06. The number of ether oxygens (including phenoxy) is 2. The summed E-state index contributed by atoms with van der Waals surface area (Å²) in [4.78, 5) is 24.8. The molecule has 0 aliphatic rings. The number of hydrogen-bond acceptors (Lipinski definition) is 5. The lowest BCUT2D eigenvalue weighted by molar-refractivity contribution is -0.118. The number of carbonyl (C=O) groups excluding carboxylic acids is 1. The van der Waals surface area contributed by atoms with Crippen molar-refractivity contribution < 1.29 is 18.7 Å². The molecule has 31 heavy (non-hydrogen) atoms. The molecule has 6 nitrogen and oxygen atoms in total. The third-order valence-corrected chi connectivity index (χ3v) is 4.68. The third-order valence-electron chi connectivity index (χ3n) is 4.43. The van der Waals surface area contributed by atoms with Crippen LogP contribution in [0.25, 0.3) is 11.0 Å². The van der Waals surface area contributed by atoms with Crippen LogP contribution in [0.3, 0.4) is 0 Å². The van der Waals surface area contributed by atoms with Crippen molar-refractivity contribution in [3.8, 4) is 17.2 Å². The molecule has 0 spiro atoms. The van der Waals surface area contributed by atoms with E-state index in [9.17, 15) is 9.59 Å². The van der Waals surface area contributed by atoms with Crippen molar-refractivity contribution in [3.05, 3.63) is 93.8 Å². The lowest BCUT2D eigenvalue weighted by Crippen LogP contribution is -2.20. The second-order valence-electron chi connectivity index (χ2n) is 6.85. The molecule has 0 atom stereocenters. The van der Waals surface area contributed by atoms with Crippen LogP contribution in [-0.4, -0.2) is 12.5 Å². The SMILES string of the molecule is Cc1cccc(Oc2coc3cc(OCC(=O)Nc4ccc(Cl)cc4)ccc3c2=O)c1. The van der Waals surface area contributed by atoms with Crippen molar-refractivity contribution in [2.75, 3.05) is 11.9 Å². The van der Waals surface area contributed by atoms with Crippen molar-refractivity contribution in [2.45, 2.75) is 6.92 Å². The third kappa shape index (κ3) is 5.05. The van der Waals surface area contributed by atoms with Gasteiger partial charge in [-0.1, -0.05) is 23.7 Å². The number of aryl methyl sites for hydroxylation is 1. The molecule has 0 aliphatic carbocycles. The lowest BCUT2D eigenvalue weighted by atomic mass is 10.2. The first-order valence-electron chi connectivity index (χ1n) is 9.46. The number of carbonyl (C=O) groups is 1. The molecule has 0 saturated carbocycles. The molecule has 1 aromatic heterocycles. The Bertz CT molecular complexity index is 1300. The minimum absolute atomic E-state index is 0.0918. The summed E-state index contributed by atoms with van der Waals surface area (Å²) in [6.45, 7) is 1.74. The van der Waals surface area contributed by atoms with Gasteiger partial charge in [0.25, 0.3) is 5.91 Å². The highest BCUT2D eigenvalue weighted by atomic mass is 35.5. The van der Waals surface area contributed by atoms with Crippen LogP contribution in [0.2, 0.25) is 5.02 Å². The van der Waals surface area contributed by atoms with Crippen LogP contribution < -0.4 is 20.2 Å². The van der Waals surface area contributed by atoms with E-state index in [1.54, 1.807) is 48.5 Å². The first kappa shape index (κ1) is 20.5. The van der Waals surface area contributed by atoms with Crippen LogP contribution in [0.1, 0.15) is 5.56 Å². The van der Waals surface area contributed by atoms with Gasteiger partial charge in [0.1, 0.15) is 23.3 Å². The van der Waals surface area contributed by atoms with Gasteiger partial charge in [0.2, 0.25) is 11.2 Å². The Balaban J connectivity index is 1.45. The maximum absolute atomic E-state index is 12.7. The molecule has 7 heteroatoms. The molecule has 1 N–H and O–H groups in total. The number of anilines is 1. The van der Waals surface area contributed by atoms with Crippen molar-refractivity contribution in [1.82, 2.24) is 0 Å². The van der Waals surface area contributed by atoms with Crippen molar-refractivity contribution in [1.29, 1.82) is 0 Å². The fraction of sp³-hybridized carbons (Fsp3) is 0.0833. The topological polar surface area (TPSA) is 77.8 Å². The molecule has 4 rings (SSSR count). The zero-order valence-corrected chi connectivity index (χ0v) is 17.3. The van der Waals surface area contributed by atoms with Crippen LogP contribution in [0.15, 0.2) is 82.2 Å². The summed E-state index contributed by atoms with van der Waals surface area (Å²) in [6.07, 6.45) is 1.27. The summed E-state index contributed by atoms with van der Waals surface area (Å²) >= 11 is 5.83. The van der Waals surface area contributed by atoms with Gasteiger partial charge in [-0.25, -0.2) is 0 Å². The average molecular weight is 436 g/mol. The summed E-state index contributed by atoms with van der Waals surface area (Å²) in [7, 11) is 0. The molecule has 1 heterocycles. The number of hydrogen-bond donors (Lipinski definition) is 1.